The third kappa shape index (κ3) is 3.92. The van der Waals surface area contributed by atoms with Gasteiger partial charge in [0, 0.05) is 32.2 Å². The van der Waals surface area contributed by atoms with Crippen LogP contribution in [0, 0.1) is 5.41 Å². The van der Waals surface area contributed by atoms with Crippen molar-refractivity contribution in [1.82, 2.24) is 14.7 Å². The number of aryl methyl sites for hydroxylation is 1. The van der Waals surface area contributed by atoms with Crippen LogP contribution in [0.2, 0.25) is 0 Å². The SMILES string of the molecule is Cn1nc(C2CCCOC2)cc1NC(=O)N1CC(C)(C)CC1c1ccccc1. The highest BCUT2D eigenvalue weighted by molar-refractivity contribution is 5.89. The van der Waals surface area contributed by atoms with E-state index in [1.165, 1.54) is 5.56 Å². The van der Waals surface area contributed by atoms with Crippen molar-refractivity contribution in [3.63, 3.8) is 0 Å². The maximum absolute atomic E-state index is 13.2. The number of urea groups is 1. The minimum Gasteiger partial charge on any atom is -0.381 e. The Morgan fingerprint density at radius 2 is 2.07 bits per heavy atom. The van der Waals surface area contributed by atoms with E-state index < -0.39 is 0 Å². The van der Waals surface area contributed by atoms with Gasteiger partial charge < -0.3 is 9.64 Å². The maximum atomic E-state index is 13.2. The van der Waals surface area contributed by atoms with Crippen LogP contribution in [0.1, 0.15) is 56.3 Å². The number of anilines is 1. The molecule has 0 saturated carbocycles. The van der Waals surface area contributed by atoms with Crippen molar-refractivity contribution in [3.8, 4) is 0 Å². The van der Waals surface area contributed by atoms with Crippen LogP contribution < -0.4 is 5.32 Å². The van der Waals surface area contributed by atoms with Gasteiger partial charge in [0.15, 0.2) is 0 Å². The summed E-state index contributed by atoms with van der Waals surface area (Å²) in [7, 11) is 1.88. The molecule has 6 nitrogen and oxygen atoms in total. The average molecular weight is 383 g/mol. The maximum Gasteiger partial charge on any atom is 0.323 e. The lowest BCUT2D eigenvalue weighted by molar-refractivity contribution is 0.0791. The Morgan fingerprint density at radius 3 is 2.79 bits per heavy atom. The quantitative estimate of drug-likeness (QED) is 0.860. The van der Waals surface area contributed by atoms with Crippen LogP contribution in [0.3, 0.4) is 0 Å². The number of carbonyl (C=O) groups is 1. The first-order valence-electron chi connectivity index (χ1n) is 10.2. The Bertz CT molecular complexity index is 824. The number of nitrogens with zero attached hydrogens (tertiary/aromatic N) is 3. The largest absolute Gasteiger partial charge is 0.381 e. The molecule has 0 aliphatic carbocycles. The van der Waals surface area contributed by atoms with E-state index in [0.29, 0.717) is 12.5 Å². The van der Waals surface area contributed by atoms with Crippen LogP contribution in [0.25, 0.3) is 0 Å². The molecular weight excluding hydrogens is 352 g/mol. The highest BCUT2D eigenvalue weighted by Gasteiger charge is 2.41. The standard InChI is InChI=1S/C22H30N4O2/c1-22(2)13-19(16-8-5-4-6-9-16)26(15-22)21(27)23-20-12-18(24-25(20)3)17-10-7-11-28-14-17/h4-6,8-9,12,17,19H,7,10-11,13-15H2,1-3H3,(H,23,27). The summed E-state index contributed by atoms with van der Waals surface area (Å²) in [6.45, 7) is 6.72. The zero-order valence-corrected chi connectivity index (χ0v) is 17.0. The Balaban J connectivity index is 1.51. The molecule has 0 bridgehead atoms. The molecule has 0 spiro atoms. The predicted octanol–water partition coefficient (Wildman–Crippen LogP) is 4.32. The lowest BCUT2D eigenvalue weighted by Crippen LogP contribution is -2.36. The monoisotopic (exact) mass is 382 g/mol. The van der Waals surface area contributed by atoms with Gasteiger partial charge in [0.2, 0.25) is 0 Å². The summed E-state index contributed by atoms with van der Waals surface area (Å²) in [6.07, 6.45) is 3.10. The fourth-order valence-electron chi connectivity index (χ4n) is 4.42. The molecule has 1 aromatic heterocycles. The molecule has 4 rings (SSSR count). The van der Waals surface area contributed by atoms with Gasteiger partial charge in [-0.15, -0.1) is 0 Å². The van der Waals surface area contributed by atoms with Crippen LogP contribution in [0.4, 0.5) is 10.6 Å². The molecule has 2 aliphatic rings. The summed E-state index contributed by atoms with van der Waals surface area (Å²) < 4.78 is 7.35. The third-order valence-corrected chi connectivity index (χ3v) is 5.88. The number of carbonyl (C=O) groups excluding carboxylic acids is 1. The molecule has 0 radical (unpaired) electrons. The number of rotatable bonds is 3. The summed E-state index contributed by atoms with van der Waals surface area (Å²) >= 11 is 0. The summed E-state index contributed by atoms with van der Waals surface area (Å²) in [5, 5.41) is 7.72. The smallest absolute Gasteiger partial charge is 0.323 e. The second-order valence-electron chi connectivity index (χ2n) is 8.84. The van der Waals surface area contributed by atoms with Gasteiger partial charge in [0.1, 0.15) is 5.82 Å². The molecule has 1 N–H and O–H groups in total. The van der Waals surface area contributed by atoms with Crippen LogP contribution in [-0.2, 0) is 11.8 Å². The van der Waals surface area contributed by atoms with E-state index in [0.717, 1.165) is 43.9 Å². The summed E-state index contributed by atoms with van der Waals surface area (Å²) in [6, 6.07) is 12.3. The second kappa shape index (κ2) is 7.59. The molecule has 2 aromatic rings. The van der Waals surface area contributed by atoms with E-state index in [1.54, 1.807) is 4.68 Å². The number of hydrogen-bond donors (Lipinski definition) is 1. The molecule has 150 valence electrons. The fourth-order valence-corrected chi connectivity index (χ4v) is 4.42. The minimum absolute atomic E-state index is 0.0612. The summed E-state index contributed by atoms with van der Waals surface area (Å²) in [5.74, 6) is 1.05. The summed E-state index contributed by atoms with van der Waals surface area (Å²) in [4.78, 5) is 15.1. The van der Waals surface area contributed by atoms with E-state index in [9.17, 15) is 4.79 Å². The zero-order valence-electron chi connectivity index (χ0n) is 17.0. The van der Waals surface area contributed by atoms with Gasteiger partial charge in [-0.1, -0.05) is 44.2 Å². The van der Waals surface area contributed by atoms with E-state index in [2.05, 4.69) is 36.4 Å². The number of likely N-dealkylation sites (tertiary alicyclic amines) is 1. The van der Waals surface area contributed by atoms with E-state index in [1.807, 2.05) is 36.2 Å². The van der Waals surface area contributed by atoms with Crippen LogP contribution in [-0.4, -0.2) is 40.5 Å². The van der Waals surface area contributed by atoms with Crippen molar-refractivity contribution in [2.45, 2.75) is 45.1 Å². The number of nitrogens with one attached hydrogen (secondary N) is 1. The van der Waals surface area contributed by atoms with Gasteiger partial charge in [0.05, 0.1) is 18.3 Å². The molecule has 2 saturated heterocycles. The number of amides is 2. The lowest BCUT2D eigenvalue weighted by atomic mass is 9.89. The first kappa shape index (κ1) is 19.0. The molecule has 3 heterocycles. The molecule has 6 heteroatoms. The van der Waals surface area contributed by atoms with Crippen molar-refractivity contribution in [2.24, 2.45) is 12.5 Å². The van der Waals surface area contributed by atoms with Crippen LogP contribution in [0.15, 0.2) is 36.4 Å². The molecule has 2 amide bonds. The van der Waals surface area contributed by atoms with Gasteiger partial charge in [-0.05, 0) is 30.2 Å². The van der Waals surface area contributed by atoms with E-state index in [4.69, 9.17) is 4.74 Å². The molecule has 2 unspecified atom stereocenters. The van der Waals surface area contributed by atoms with Gasteiger partial charge in [-0.2, -0.15) is 5.10 Å². The van der Waals surface area contributed by atoms with Crippen molar-refractivity contribution in [2.75, 3.05) is 25.1 Å². The minimum atomic E-state index is -0.0612. The molecule has 28 heavy (non-hydrogen) atoms. The van der Waals surface area contributed by atoms with Crippen molar-refractivity contribution in [3.05, 3.63) is 47.7 Å². The number of aromatic nitrogens is 2. The van der Waals surface area contributed by atoms with Gasteiger partial charge in [0.25, 0.3) is 0 Å². The predicted molar refractivity (Wildman–Crippen MR) is 109 cm³/mol. The first-order valence-corrected chi connectivity index (χ1v) is 10.2. The Morgan fingerprint density at radius 1 is 1.29 bits per heavy atom. The topological polar surface area (TPSA) is 59.4 Å². The van der Waals surface area contributed by atoms with Crippen molar-refractivity contribution >= 4 is 11.8 Å². The average Bonchev–Trinajstić information content (AvgIpc) is 3.22. The third-order valence-electron chi connectivity index (χ3n) is 5.88. The second-order valence-corrected chi connectivity index (χ2v) is 8.84. The van der Waals surface area contributed by atoms with Crippen molar-refractivity contribution in [1.29, 1.82) is 0 Å². The van der Waals surface area contributed by atoms with E-state index in [-0.39, 0.29) is 17.5 Å². The van der Waals surface area contributed by atoms with Crippen molar-refractivity contribution < 1.29 is 9.53 Å². The highest BCUT2D eigenvalue weighted by atomic mass is 16.5. The van der Waals surface area contributed by atoms with Gasteiger partial charge in [-0.25, -0.2) is 4.79 Å². The van der Waals surface area contributed by atoms with Crippen LogP contribution in [0.5, 0.6) is 0 Å². The summed E-state index contributed by atoms with van der Waals surface area (Å²) in [5.41, 5.74) is 2.28. The number of hydrogen-bond acceptors (Lipinski definition) is 3. The van der Waals surface area contributed by atoms with Gasteiger partial charge in [-0.3, -0.25) is 10.00 Å². The molecule has 2 fully saturated rings. The fraction of sp³-hybridized carbons (Fsp3) is 0.545. The molecule has 2 aliphatic heterocycles. The molecule has 1 aromatic carbocycles. The Labute approximate surface area is 166 Å². The highest BCUT2D eigenvalue weighted by Crippen LogP contribution is 2.42. The Kier molecular flexibility index (Phi) is 5.15. The Hall–Kier alpha value is -2.34. The zero-order chi connectivity index (χ0) is 19.7. The normalized spacial score (nSPS) is 24.3. The number of benzene rings is 1. The van der Waals surface area contributed by atoms with E-state index >= 15 is 0 Å². The van der Waals surface area contributed by atoms with Crippen LogP contribution >= 0.6 is 0 Å². The lowest BCUT2D eigenvalue weighted by Gasteiger charge is -2.25. The first-order chi connectivity index (χ1) is 13.4. The molecular formula is C22H30N4O2. The number of ether oxygens (including phenoxy) is 1. The molecule has 2 atom stereocenters. The van der Waals surface area contributed by atoms with Gasteiger partial charge >= 0.3 is 6.03 Å².